The van der Waals surface area contributed by atoms with Crippen molar-refractivity contribution in [2.75, 3.05) is 13.1 Å². The highest BCUT2D eigenvalue weighted by molar-refractivity contribution is 5.79. The second-order valence-corrected chi connectivity index (χ2v) is 5.30. The third-order valence-corrected chi connectivity index (χ3v) is 3.44. The molecule has 1 aromatic carbocycles. The Morgan fingerprint density at radius 2 is 1.91 bits per heavy atom. The van der Waals surface area contributed by atoms with Gasteiger partial charge in [-0.2, -0.15) is 0 Å². The van der Waals surface area contributed by atoms with Crippen LogP contribution in [-0.2, 0) is 13.0 Å². The Bertz CT molecular complexity index is 602. The molecular formula is C18H25N3O. The maximum Gasteiger partial charge on any atom is 0.191 e. The van der Waals surface area contributed by atoms with Crippen molar-refractivity contribution in [1.82, 2.24) is 10.6 Å². The van der Waals surface area contributed by atoms with Crippen molar-refractivity contribution in [3.63, 3.8) is 0 Å². The highest BCUT2D eigenvalue weighted by Crippen LogP contribution is 2.14. The maximum atomic E-state index is 5.54. The van der Waals surface area contributed by atoms with E-state index in [1.165, 1.54) is 5.56 Å². The standard InChI is InChI=1S/C18H25N3O/c1-4-19-18(20-11-10-16-8-6-5-7-9-16)21-13-17-12-14(2)22-15(17)3/h5-9,12H,4,10-11,13H2,1-3H3,(H2,19,20,21). The molecule has 0 bridgehead atoms. The Labute approximate surface area is 132 Å². The van der Waals surface area contributed by atoms with Crippen molar-refractivity contribution < 1.29 is 4.42 Å². The summed E-state index contributed by atoms with van der Waals surface area (Å²) in [6, 6.07) is 12.5. The number of aliphatic imine (C=N–C) groups is 1. The Balaban J connectivity index is 1.88. The van der Waals surface area contributed by atoms with Crippen molar-refractivity contribution in [2.45, 2.75) is 33.7 Å². The quantitative estimate of drug-likeness (QED) is 0.636. The maximum absolute atomic E-state index is 5.54. The fourth-order valence-corrected chi connectivity index (χ4v) is 2.32. The average Bonchev–Trinajstić information content (AvgIpc) is 2.84. The van der Waals surface area contributed by atoms with Crippen LogP contribution in [0.2, 0.25) is 0 Å². The number of hydrogen-bond donors (Lipinski definition) is 2. The SMILES string of the molecule is CCNC(=NCc1cc(C)oc1C)NCCc1ccccc1. The lowest BCUT2D eigenvalue weighted by Gasteiger charge is -2.11. The van der Waals surface area contributed by atoms with E-state index in [1.807, 2.05) is 26.0 Å². The van der Waals surface area contributed by atoms with E-state index in [0.717, 1.165) is 42.6 Å². The molecule has 0 saturated heterocycles. The van der Waals surface area contributed by atoms with Crippen molar-refractivity contribution >= 4 is 5.96 Å². The second-order valence-electron chi connectivity index (χ2n) is 5.30. The summed E-state index contributed by atoms with van der Waals surface area (Å²) in [6.45, 7) is 8.35. The number of guanidine groups is 1. The molecule has 2 N–H and O–H groups in total. The molecule has 0 radical (unpaired) electrons. The first-order valence-corrected chi connectivity index (χ1v) is 7.81. The molecule has 2 rings (SSSR count). The van der Waals surface area contributed by atoms with Gasteiger partial charge in [-0.1, -0.05) is 30.3 Å². The van der Waals surface area contributed by atoms with Gasteiger partial charge in [-0.25, -0.2) is 4.99 Å². The van der Waals surface area contributed by atoms with Gasteiger partial charge in [0.15, 0.2) is 5.96 Å². The fraction of sp³-hybridized carbons (Fsp3) is 0.389. The van der Waals surface area contributed by atoms with Crippen LogP contribution in [0, 0.1) is 13.8 Å². The number of nitrogens with one attached hydrogen (secondary N) is 2. The Morgan fingerprint density at radius 1 is 1.14 bits per heavy atom. The van der Waals surface area contributed by atoms with Crippen molar-refractivity contribution in [1.29, 1.82) is 0 Å². The zero-order valence-corrected chi connectivity index (χ0v) is 13.6. The first-order valence-electron chi connectivity index (χ1n) is 7.81. The largest absolute Gasteiger partial charge is 0.466 e. The van der Waals surface area contributed by atoms with Crippen molar-refractivity contribution in [3.05, 3.63) is 59.0 Å². The minimum atomic E-state index is 0.629. The number of nitrogens with zero attached hydrogens (tertiary/aromatic N) is 1. The van der Waals surface area contributed by atoms with Crippen LogP contribution in [0.3, 0.4) is 0 Å². The lowest BCUT2D eigenvalue weighted by molar-refractivity contribution is 0.501. The normalized spacial score (nSPS) is 11.5. The molecule has 118 valence electrons. The molecule has 0 spiro atoms. The van der Waals surface area contributed by atoms with Crippen LogP contribution in [0.25, 0.3) is 0 Å². The van der Waals surface area contributed by atoms with E-state index in [1.54, 1.807) is 0 Å². The van der Waals surface area contributed by atoms with Crippen LogP contribution in [-0.4, -0.2) is 19.0 Å². The van der Waals surface area contributed by atoms with Crippen LogP contribution in [0.1, 0.15) is 29.6 Å². The number of furan rings is 1. The molecular weight excluding hydrogens is 274 g/mol. The van der Waals surface area contributed by atoms with Gasteiger partial charge in [0.2, 0.25) is 0 Å². The molecule has 0 fully saturated rings. The van der Waals surface area contributed by atoms with Crippen molar-refractivity contribution in [2.24, 2.45) is 4.99 Å². The van der Waals surface area contributed by atoms with Gasteiger partial charge in [0, 0.05) is 18.7 Å². The number of rotatable bonds is 6. The van der Waals surface area contributed by atoms with Gasteiger partial charge >= 0.3 is 0 Å². The molecule has 0 amide bonds. The number of benzene rings is 1. The Hall–Kier alpha value is -2.23. The fourth-order valence-electron chi connectivity index (χ4n) is 2.32. The van der Waals surface area contributed by atoms with Gasteiger partial charge in [-0.05, 0) is 38.8 Å². The van der Waals surface area contributed by atoms with Crippen LogP contribution in [0.5, 0.6) is 0 Å². The smallest absolute Gasteiger partial charge is 0.191 e. The first kappa shape index (κ1) is 16.1. The molecule has 2 aromatic rings. The summed E-state index contributed by atoms with van der Waals surface area (Å²) in [5.41, 5.74) is 2.46. The molecule has 0 atom stereocenters. The highest BCUT2D eigenvalue weighted by Gasteiger charge is 2.04. The molecule has 0 aliphatic rings. The summed E-state index contributed by atoms with van der Waals surface area (Å²) < 4.78 is 5.54. The van der Waals surface area contributed by atoms with Gasteiger partial charge in [-0.15, -0.1) is 0 Å². The molecule has 22 heavy (non-hydrogen) atoms. The molecule has 1 aromatic heterocycles. The van der Waals surface area contributed by atoms with Crippen LogP contribution in [0.15, 0.2) is 45.8 Å². The summed E-state index contributed by atoms with van der Waals surface area (Å²) in [5, 5.41) is 6.65. The summed E-state index contributed by atoms with van der Waals surface area (Å²) in [7, 11) is 0. The van der Waals surface area contributed by atoms with E-state index in [0.29, 0.717) is 6.54 Å². The summed E-state index contributed by atoms with van der Waals surface area (Å²) in [6.07, 6.45) is 0.981. The van der Waals surface area contributed by atoms with E-state index in [-0.39, 0.29) is 0 Å². The van der Waals surface area contributed by atoms with Gasteiger partial charge in [0.25, 0.3) is 0 Å². The van der Waals surface area contributed by atoms with Gasteiger partial charge in [-0.3, -0.25) is 0 Å². The number of hydrogen-bond acceptors (Lipinski definition) is 2. The third-order valence-electron chi connectivity index (χ3n) is 3.44. The summed E-state index contributed by atoms with van der Waals surface area (Å²) in [5.74, 6) is 2.72. The number of aryl methyl sites for hydroxylation is 2. The molecule has 4 heteroatoms. The minimum Gasteiger partial charge on any atom is -0.466 e. The molecule has 1 heterocycles. The minimum absolute atomic E-state index is 0.629. The Kier molecular flexibility index (Phi) is 6.07. The van der Waals surface area contributed by atoms with Gasteiger partial charge in [0.1, 0.15) is 11.5 Å². The van der Waals surface area contributed by atoms with Crippen molar-refractivity contribution in [3.8, 4) is 0 Å². The monoisotopic (exact) mass is 299 g/mol. The van der Waals surface area contributed by atoms with E-state index < -0.39 is 0 Å². The lowest BCUT2D eigenvalue weighted by atomic mass is 10.1. The lowest BCUT2D eigenvalue weighted by Crippen LogP contribution is -2.38. The second kappa shape index (κ2) is 8.27. The molecule has 0 unspecified atom stereocenters. The zero-order valence-electron chi connectivity index (χ0n) is 13.6. The van der Waals surface area contributed by atoms with Crippen LogP contribution >= 0.6 is 0 Å². The first-order chi connectivity index (χ1) is 10.7. The average molecular weight is 299 g/mol. The van der Waals surface area contributed by atoms with Gasteiger partial charge in [0.05, 0.1) is 6.54 Å². The summed E-state index contributed by atoms with van der Waals surface area (Å²) in [4.78, 5) is 4.62. The molecule has 0 saturated carbocycles. The van der Waals surface area contributed by atoms with E-state index >= 15 is 0 Å². The van der Waals surface area contributed by atoms with E-state index in [2.05, 4.69) is 46.8 Å². The third kappa shape index (κ3) is 4.95. The van der Waals surface area contributed by atoms with Crippen LogP contribution in [0.4, 0.5) is 0 Å². The zero-order chi connectivity index (χ0) is 15.8. The highest BCUT2D eigenvalue weighted by atomic mass is 16.3. The Morgan fingerprint density at radius 3 is 2.55 bits per heavy atom. The topological polar surface area (TPSA) is 49.6 Å². The van der Waals surface area contributed by atoms with E-state index in [9.17, 15) is 0 Å². The van der Waals surface area contributed by atoms with E-state index in [4.69, 9.17) is 4.42 Å². The molecule has 0 aliphatic carbocycles. The van der Waals surface area contributed by atoms with Crippen LogP contribution < -0.4 is 10.6 Å². The predicted octanol–water partition coefficient (Wildman–Crippen LogP) is 3.19. The summed E-state index contributed by atoms with van der Waals surface area (Å²) >= 11 is 0. The van der Waals surface area contributed by atoms with Gasteiger partial charge < -0.3 is 15.1 Å². The molecule has 0 aliphatic heterocycles. The predicted molar refractivity (Wildman–Crippen MR) is 91.1 cm³/mol. The molecule has 4 nitrogen and oxygen atoms in total.